The number of methoxy groups -OCH3 is 1. The molecule has 0 fully saturated rings. The molecule has 5 rings (SSSR count). The molecule has 0 amide bonds. The fourth-order valence-electron chi connectivity index (χ4n) is 3.67. The molecule has 2 heterocycles. The van der Waals surface area contributed by atoms with Crippen molar-refractivity contribution < 1.29 is 9.66 Å². The molecule has 0 unspecified atom stereocenters. The normalized spacial score (nSPS) is 10.4. The van der Waals surface area contributed by atoms with E-state index < -0.39 is 4.92 Å². The first-order valence-corrected chi connectivity index (χ1v) is 12.8. The molecule has 1 N–H and O–H groups in total. The van der Waals surface area contributed by atoms with E-state index in [0.29, 0.717) is 27.3 Å². The summed E-state index contributed by atoms with van der Waals surface area (Å²) in [6.45, 7) is 0. The van der Waals surface area contributed by atoms with E-state index in [9.17, 15) is 15.4 Å². The van der Waals surface area contributed by atoms with Gasteiger partial charge in [-0.15, -0.1) is 23.7 Å². The SMILES string of the molecule is COc1cc2ncc(C#N)c(Nc3ccc(Sc4ncc(-c5ccccc5)s4)c(Cl)c3)c2cc1[N+](=O)[O-].Cl. The zero-order chi connectivity index (χ0) is 25.9. The van der Waals surface area contributed by atoms with E-state index in [-0.39, 0.29) is 29.4 Å². The topological polar surface area (TPSA) is 114 Å². The van der Waals surface area contributed by atoms with Gasteiger partial charge in [-0.05, 0) is 23.8 Å². The van der Waals surface area contributed by atoms with Crippen LogP contribution in [0.3, 0.4) is 0 Å². The van der Waals surface area contributed by atoms with Crippen molar-refractivity contribution in [3.05, 3.63) is 93.8 Å². The molecule has 0 aliphatic rings. The zero-order valence-corrected chi connectivity index (χ0v) is 22.7. The van der Waals surface area contributed by atoms with Crippen molar-refractivity contribution in [2.75, 3.05) is 12.4 Å². The van der Waals surface area contributed by atoms with E-state index in [1.807, 2.05) is 48.7 Å². The summed E-state index contributed by atoms with van der Waals surface area (Å²) in [6, 6.07) is 20.4. The number of nitriles is 1. The summed E-state index contributed by atoms with van der Waals surface area (Å²) in [6.07, 6.45) is 3.26. The quantitative estimate of drug-likeness (QED) is 0.151. The van der Waals surface area contributed by atoms with Crippen LogP contribution in [-0.4, -0.2) is 22.0 Å². The lowest BCUT2D eigenvalue weighted by Crippen LogP contribution is -1.99. The average Bonchev–Trinajstić information content (AvgIpc) is 3.38. The van der Waals surface area contributed by atoms with Gasteiger partial charge in [-0.3, -0.25) is 15.1 Å². The third-order valence-electron chi connectivity index (χ3n) is 5.43. The minimum absolute atomic E-state index is 0. The fraction of sp³-hybridized carbons (Fsp3) is 0.0385. The number of pyridine rings is 1. The van der Waals surface area contributed by atoms with Gasteiger partial charge in [0, 0.05) is 40.5 Å². The molecular weight excluding hydrogens is 565 g/mol. The van der Waals surface area contributed by atoms with Gasteiger partial charge in [0.2, 0.25) is 0 Å². The molecule has 8 nitrogen and oxygen atoms in total. The Balaban J connectivity index is 0.00000336. The van der Waals surface area contributed by atoms with Gasteiger partial charge >= 0.3 is 5.69 Å². The summed E-state index contributed by atoms with van der Waals surface area (Å²) < 4.78 is 6.00. The van der Waals surface area contributed by atoms with Gasteiger partial charge in [0.05, 0.1) is 38.7 Å². The number of halogens is 2. The van der Waals surface area contributed by atoms with Crippen molar-refractivity contribution in [1.29, 1.82) is 5.26 Å². The number of nitro groups is 1. The van der Waals surface area contributed by atoms with Crippen molar-refractivity contribution in [2.45, 2.75) is 9.24 Å². The van der Waals surface area contributed by atoms with Gasteiger partial charge in [0.15, 0.2) is 10.1 Å². The number of fused-ring (bicyclic) bond motifs is 1. The fourth-order valence-corrected chi connectivity index (χ4v) is 5.92. The van der Waals surface area contributed by atoms with Crippen molar-refractivity contribution >= 4 is 75.1 Å². The summed E-state index contributed by atoms with van der Waals surface area (Å²) in [7, 11) is 1.35. The van der Waals surface area contributed by atoms with Crippen LogP contribution in [0.25, 0.3) is 21.3 Å². The largest absolute Gasteiger partial charge is 0.490 e. The van der Waals surface area contributed by atoms with Gasteiger partial charge in [0.1, 0.15) is 6.07 Å². The molecule has 0 saturated heterocycles. The number of nitrogens with zero attached hydrogens (tertiary/aromatic N) is 4. The number of nitro benzene ring substituents is 1. The van der Waals surface area contributed by atoms with E-state index in [2.05, 4.69) is 21.4 Å². The number of rotatable bonds is 7. The van der Waals surface area contributed by atoms with Gasteiger partial charge in [-0.2, -0.15) is 5.26 Å². The van der Waals surface area contributed by atoms with E-state index in [0.717, 1.165) is 19.7 Å². The molecule has 0 radical (unpaired) electrons. The number of hydrogen-bond donors (Lipinski definition) is 1. The smallest absolute Gasteiger partial charge is 0.311 e. The third kappa shape index (κ3) is 5.51. The summed E-state index contributed by atoms with van der Waals surface area (Å²) in [5, 5.41) is 25.3. The number of ether oxygens (including phenoxy) is 1. The number of aromatic nitrogens is 2. The molecule has 0 aliphatic carbocycles. The lowest BCUT2D eigenvalue weighted by molar-refractivity contribution is -0.385. The molecule has 0 saturated carbocycles. The third-order valence-corrected chi connectivity index (χ3v) is 8.05. The summed E-state index contributed by atoms with van der Waals surface area (Å²) >= 11 is 9.64. The summed E-state index contributed by atoms with van der Waals surface area (Å²) in [5.74, 6) is 0.0858. The van der Waals surface area contributed by atoms with Crippen LogP contribution in [0.1, 0.15) is 5.56 Å². The minimum Gasteiger partial charge on any atom is -0.490 e. The highest BCUT2D eigenvalue weighted by Crippen LogP contribution is 2.41. The second kappa shape index (κ2) is 11.7. The van der Waals surface area contributed by atoms with Crippen LogP contribution in [0, 0.1) is 21.4 Å². The van der Waals surface area contributed by atoms with E-state index in [4.69, 9.17) is 16.3 Å². The molecule has 5 aromatic rings. The molecule has 0 aliphatic heterocycles. The second-order valence-electron chi connectivity index (χ2n) is 7.69. The van der Waals surface area contributed by atoms with E-state index in [1.165, 1.54) is 37.2 Å². The Morgan fingerprint density at radius 1 is 1.13 bits per heavy atom. The highest BCUT2D eigenvalue weighted by Gasteiger charge is 2.20. The van der Waals surface area contributed by atoms with Crippen LogP contribution in [0.4, 0.5) is 17.1 Å². The highest BCUT2D eigenvalue weighted by molar-refractivity contribution is 8.01. The summed E-state index contributed by atoms with van der Waals surface area (Å²) in [5.41, 5.74) is 2.56. The standard InChI is InChI=1S/C26H16ClN5O3S2.ClH/c1-35-22-11-20-18(10-21(22)32(33)34)25(16(12-28)13-29-20)31-17-7-8-23(19(27)9-17)36-26-30-14-24(37-26)15-5-3-2-4-6-15;/h2-11,13-14H,1H3,(H,29,31);1H. The lowest BCUT2D eigenvalue weighted by atomic mass is 10.1. The number of nitrogens with one attached hydrogen (secondary N) is 1. The Kier molecular flexibility index (Phi) is 8.34. The second-order valence-corrected chi connectivity index (χ2v) is 10.4. The maximum absolute atomic E-state index is 11.6. The van der Waals surface area contributed by atoms with Crippen LogP contribution < -0.4 is 10.1 Å². The van der Waals surface area contributed by atoms with Crippen LogP contribution in [0.15, 0.2) is 82.3 Å². The predicted octanol–water partition coefficient (Wildman–Crippen LogP) is 8.12. The maximum Gasteiger partial charge on any atom is 0.311 e. The Morgan fingerprint density at radius 2 is 1.92 bits per heavy atom. The molecule has 0 spiro atoms. The van der Waals surface area contributed by atoms with Gasteiger partial charge in [-0.1, -0.05) is 53.7 Å². The van der Waals surface area contributed by atoms with Crippen molar-refractivity contribution in [2.24, 2.45) is 0 Å². The van der Waals surface area contributed by atoms with Gasteiger partial charge < -0.3 is 10.1 Å². The van der Waals surface area contributed by atoms with Crippen molar-refractivity contribution in [3.8, 4) is 22.3 Å². The Hall–Kier alpha value is -3.88. The first kappa shape index (κ1) is 27.2. The monoisotopic (exact) mass is 581 g/mol. The molecule has 2 aromatic heterocycles. The first-order valence-electron chi connectivity index (χ1n) is 10.8. The molecule has 0 bridgehead atoms. The summed E-state index contributed by atoms with van der Waals surface area (Å²) in [4.78, 5) is 21.7. The molecule has 0 atom stereocenters. The zero-order valence-electron chi connectivity index (χ0n) is 19.5. The van der Waals surface area contributed by atoms with Crippen LogP contribution in [0.2, 0.25) is 5.02 Å². The molecule has 12 heteroatoms. The average molecular weight is 582 g/mol. The number of hydrogen-bond acceptors (Lipinski definition) is 9. The Labute approximate surface area is 236 Å². The molecule has 190 valence electrons. The highest BCUT2D eigenvalue weighted by atomic mass is 35.5. The van der Waals surface area contributed by atoms with Crippen molar-refractivity contribution in [1.82, 2.24) is 9.97 Å². The Morgan fingerprint density at radius 3 is 2.61 bits per heavy atom. The van der Waals surface area contributed by atoms with Crippen molar-refractivity contribution in [3.63, 3.8) is 0 Å². The Bertz CT molecular complexity index is 1690. The minimum atomic E-state index is -0.536. The van der Waals surface area contributed by atoms with Gasteiger partial charge in [-0.25, -0.2) is 4.98 Å². The van der Waals surface area contributed by atoms with Crippen LogP contribution in [-0.2, 0) is 0 Å². The van der Waals surface area contributed by atoms with Crippen LogP contribution >= 0.6 is 47.1 Å². The first-order chi connectivity index (χ1) is 18.0. The van der Waals surface area contributed by atoms with Crippen LogP contribution in [0.5, 0.6) is 5.75 Å². The van der Waals surface area contributed by atoms with E-state index in [1.54, 1.807) is 17.4 Å². The predicted molar refractivity (Wildman–Crippen MR) is 153 cm³/mol. The maximum atomic E-state index is 11.6. The number of thiazole rings is 1. The number of benzene rings is 3. The molecule has 38 heavy (non-hydrogen) atoms. The molecule has 3 aromatic carbocycles. The van der Waals surface area contributed by atoms with Gasteiger partial charge in [0.25, 0.3) is 0 Å². The molecular formula is C26H17Cl2N5O3S2. The van der Waals surface area contributed by atoms with E-state index >= 15 is 0 Å². The lowest BCUT2D eigenvalue weighted by Gasteiger charge is -2.13. The number of anilines is 2.